The zero-order valence-electron chi connectivity index (χ0n) is 16.0. The standard InChI is InChI=1S/C23H28OSi/c1-23(2)16-14-20(18-10-7-6-8-11-18)22-19(12-9-13-21(22)23)15-17-24-25(3,4)5/h6-15,17H,16H2,1-5H3. The second-order valence-corrected chi connectivity index (χ2v) is 12.8. The van der Waals surface area contributed by atoms with Gasteiger partial charge in [-0.25, -0.2) is 0 Å². The van der Waals surface area contributed by atoms with E-state index in [1.807, 2.05) is 6.26 Å². The molecule has 3 rings (SSSR count). The first-order valence-electron chi connectivity index (χ1n) is 9.02. The molecule has 0 heterocycles. The van der Waals surface area contributed by atoms with Crippen LogP contribution in [0.2, 0.25) is 19.6 Å². The van der Waals surface area contributed by atoms with Crippen molar-refractivity contribution in [2.75, 3.05) is 0 Å². The third-order valence-corrected chi connectivity index (χ3v) is 5.51. The molecule has 0 radical (unpaired) electrons. The van der Waals surface area contributed by atoms with Crippen molar-refractivity contribution in [3.63, 3.8) is 0 Å². The summed E-state index contributed by atoms with van der Waals surface area (Å²) >= 11 is 0. The third kappa shape index (κ3) is 3.96. The van der Waals surface area contributed by atoms with Gasteiger partial charge in [0.25, 0.3) is 0 Å². The first-order valence-corrected chi connectivity index (χ1v) is 12.4. The maximum atomic E-state index is 5.96. The van der Waals surface area contributed by atoms with E-state index in [0.29, 0.717) is 0 Å². The van der Waals surface area contributed by atoms with Gasteiger partial charge in [-0.05, 0) is 65.4 Å². The number of hydrogen-bond donors (Lipinski definition) is 0. The van der Waals surface area contributed by atoms with Crippen molar-refractivity contribution >= 4 is 20.0 Å². The van der Waals surface area contributed by atoms with E-state index in [4.69, 9.17) is 4.43 Å². The summed E-state index contributed by atoms with van der Waals surface area (Å²) in [5.41, 5.74) is 6.77. The molecule has 0 saturated carbocycles. The maximum absolute atomic E-state index is 5.96. The highest BCUT2D eigenvalue weighted by molar-refractivity contribution is 6.69. The van der Waals surface area contributed by atoms with Gasteiger partial charge in [0.1, 0.15) is 0 Å². The fourth-order valence-corrected chi connectivity index (χ4v) is 3.81. The Morgan fingerprint density at radius 1 is 0.960 bits per heavy atom. The zero-order valence-corrected chi connectivity index (χ0v) is 17.0. The molecule has 2 heteroatoms. The molecule has 1 aliphatic carbocycles. The average Bonchev–Trinajstić information content (AvgIpc) is 2.55. The minimum atomic E-state index is -1.56. The molecule has 2 aromatic carbocycles. The number of allylic oxidation sites excluding steroid dienone is 1. The summed E-state index contributed by atoms with van der Waals surface area (Å²) in [4.78, 5) is 0. The van der Waals surface area contributed by atoms with Crippen molar-refractivity contribution in [1.82, 2.24) is 0 Å². The van der Waals surface area contributed by atoms with Crippen LogP contribution in [0, 0.1) is 0 Å². The Labute approximate surface area is 153 Å². The van der Waals surface area contributed by atoms with Gasteiger partial charge in [-0.15, -0.1) is 0 Å². The van der Waals surface area contributed by atoms with E-state index in [1.54, 1.807) is 0 Å². The minimum absolute atomic E-state index is 0.150. The van der Waals surface area contributed by atoms with Crippen LogP contribution in [-0.4, -0.2) is 8.32 Å². The molecular formula is C23H28OSi. The van der Waals surface area contributed by atoms with Crippen LogP contribution in [-0.2, 0) is 9.84 Å². The normalized spacial score (nSPS) is 16.4. The number of fused-ring (bicyclic) bond motifs is 1. The topological polar surface area (TPSA) is 9.23 Å². The summed E-state index contributed by atoms with van der Waals surface area (Å²) < 4.78 is 5.96. The van der Waals surface area contributed by atoms with Crippen LogP contribution >= 0.6 is 0 Å². The lowest BCUT2D eigenvalue weighted by atomic mass is 9.71. The second-order valence-electron chi connectivity index (χ2n) is 8.37. The summed E-state index contributed by atoms with van der Waals surface area (Å²) in [6.07, 6.45) is 7.48. The Balaban J connectivity index is 2.10. The molecule has 1 aliphatic rings. The van der Waals surface area contributed by atoms with Crippen molar-refractivity contribution in [2.24, 2.45) is 0 Å². The molecule has 130 valence electrons. The Morgan fingerprint density at radius 2 is 1.68 bits per heavy atom. The fraction of sp³-hybridized carbons (Fsp3) is 0.304. The first kappa shape index (κ1) is 17.8. The van der Waals surface area contributed by atoms with Crippen LogP contribution in [0.4, 0.5) is 0 Å². The van der Waals surface area contributed by atoms with E-state index in [1.165, 1.54) is 27.8 Å². The highest BCUT2D eigenvalue weighted by atomic mass is 28.4. The van der Waals surface area contributed by atoms with Crippen molar-refractivity contribution < 1.29 is 4.43 Å². The molecule has 0 saturated heterocycles. The van der Waals surface area contributed by atoms with Gasteiger partial charge in [0.05, 0.1) is 6.26 Å². The SMILES string of the molecule is CC1(C)CC=C(c2ccccc2)c2c(C=CO[Si](C)(C)C)cccc21. The van der Waals surface area contributed by atoms with Gasteiger partial charge < -0.3 is 4.43 Å². The van der Waals surface area contributed by atoms with Gasteiger partial charge in [0, 0.05) is 0 Å². The molecule has 0 spiro atoms. The van der Waals surface area contributed by atoms with Gasteiger partial charge in [0.2, 0.25) is 8.32 Å². The Kier molecular flexibility index (Phi) is 4.74. The second kappa shape index (κ2) is 6.68. The predicted octanol–water partition coefficient (Wildman–Crippen LogP) is 6.62. The minimum Gasteiger partial charge on any atom is -0.550 e. The summed E-state index contributed by atoms with van der Waals surface area (Å²) in [7, 11) is -1.56. The molecule has 0 bridgehead atoms. The molecule has 0 amide bonds. The van der Waals surface area contributed by atoms with Crippen molar-refractivity contribution in [3.8, 4) is 0 Å². The van der Waals surface area contributed by atoms with Gasteiger partial charge in [-0.2, -0.15) is 0 Å². The van der Waals surface area contributed by atoms with Crippen LogP contribution in [0.3, 0.4) is 0 Å². The molecule has 25 heavy (non-hydrogen) atoms. The fourth-order valence-electron chi connectivity index (χ4n) is 3.33. The highest BCUT2D eigenvalue weighted by Crippen LogP contribution is 2.43. The lowest BCUT2D eigenvalue weighted by Crippen LogP contribution is -2.23. The van der Waals surface area contributed by atoms with E-state index in [-0.39, 0.29) is 5.41 Å². The largest absolute Gasteiger partial charge is 0.550 e. The monoisotopic (exact) mass is 348 g/mol. The summed E-state index contributed by atoms with van der Waals surface area (Å²) in [6, 6.07) is 17.3. The molecule has 0 aliphatic heterocycles. The van der Waals surface area contributed by atoms with Crippen molar-refractivity contribution in [2.45, 2.75) is 45.3 Å². The quantitative estimate of drug-likeness (QED) is 0.445. The Morgan fingerprint density at radius 3 is 2.36 bits per heavy atom. The Hall–Kier alpha value is -2.06. The summed E-state index contributed by atoms with van der Waals surface area (Å²) in [6.45, 7) is 11.3. The van der Waals surface area contributed by atoms with Crippen molar-refractivity contribution in [1.29, 1.82) is 0 Å². The molecule has 0 unspecified atom stereocenters. The van der Waals surface area contributed by atoms with Gasteiger partial charge in [-0.3, -0.25) is 0 Å². The highest BCUT2D eigenvalue weighted by Gasteiger charge is 2.29. The maximum Gasteiger partial charge on any atom is 0.241 e. The number of rotatable bonds is 4. The predicted molar refractivity (Wildman–Crippen MR) is 111 cm³/mol. The van der Waals surface area contributed by atoms with Crippen LogP contribution in [0.1, 0.15) is 42.5 Å². The Bertz CT molecular complexity index is 808. The molecular weight excluding hydrogens is 320 g/mol. The molecule has 0 N–H and O–H groups in total. The van der Waals surface area contributed by atoms with Crippen LogP contribution in [0.25, 0.3) is 11.6 Å². The molecule has 0 atom stereocenters. The number of benzene rings is 2. The molecule has 1 nitrogen and oxygen atoms in total. The van der Waals surface area contributed by atoms with E-state index < -0.39 is 8.32 Å². The smallest absolute Gasteiger partial charge is 0.241 e. The van der Waals surface area contributed by atoms with Gasteiger partial charge in [0.15, 0.2) is 0 Å². The molecule has 0 aromatic heterocycles. The zero-order chi connectivity index (χ0) is 18.1. The van der Waals surface area contributed by atoms with Crippen molar-refractivity contribution in [3.05, 3.63) is 83.1 Å². The van der Waals surface area contributed by atoms with Crippen LogP contribution in [0.5, 0.6) is 0 Å². The summed E-state index contributed by atoms with van der Waals surface area (Å²) in [5, 5.41) is 0. The van der Waals surface area contributed by atoms with Crippen LogP contribution in [0.15, 0.2) is 60.9 Å². The molecule has 2 aromatic rings. The van der Waals surface area contributed by atoms with Gasteiger partial charge >= 0.3 is 0 Å². The van der Waals surface area contributed by atoms with E-state index in [9.17, 15) is 0 Å². The van der Waals surface area contributed by atoms with E-state index in [0.717, 1.165) is 6.42 Å². The van der Waals surface area contributed by atoms with E-state index in [2.05, 4.69) is 94.2 Å². The first-order chi connectivity index (χ1) is 11.8. The number of hydrogen-bond acceptors (Lipinski definition) is 1. The lowest BCUT2D eigenvalue weighted by molar-refractivity contribution is 0.483. The van der Waals surface area contributed by atoms with Crippen LogP contribution < -0.4 is 0 Å². The third-order valence-electron chi connectivity index (χ3n) is 4.67. The molecule has 0 fully saturated rings. The van der Waals surface area contributed by atoms with Gasteiger partial charge in [-0.1, -0.05) is 68.5 Å². The lowest BCUT2D eigenvalue weighted by Gasteiger charge is -2.33. The summed E-state index contributed by atoms with van der Waals surface area (Å²) in [5.74, 6) is 0. The average molecular weight is 349 g/mol. The van der Waals surface area contributed by atoms with E-state index >= 15 is 0 Å².